The van der Waals surface area contributed by atoms with Gasteiger partial charge in [0.15, 0.2) is 0 Å². The molecule has 2 aromatic rings. The first-order chi connectivity index (χ1) is 8.25. The SMILES string of the molecule is CC(=O)NN=Cc1ccc(-n2cccn2)cc1. The molecule has 1 aromatic carbocycles. The van der Waals surface area contributed by atoms with Crippen LogP contribution in [0, 0.1) is 0 Å². The van der Waals surface area contributed by atoms with Crippen molar-refractivity contribution < 1.29 is 4.79 Å². The van der Waals surface area contributed by atoms with Crippen molar-refractivity contribution in [3.63, 3.8) is 0 Å². The van der Waals surface area contributed by atoms with Crippen LogP contribution in [0.3, 0.4) is 0 Å². The number of hydrazone groups is 1. The smallest absolute Gasteiger partial charge is 0.236 e. The Morgan fingerprint density at radius 2 is 2.18 bits per heavy atom. The minimum atomic E-state index is -0.186. The largest absolute Gasteiger partial charge is 0.274 e. The highest BCUT2D eigenvalue weighted by Crippen LogP contribution is 2.06. The highest BCUT2D eigenvalue weighted by atomic mass is 16.2. The number of aromatic nitrogens is 2. The molecule has 5 nitrogen and oxygen atoms in total. The Balaban J connectivity index is 2.08. The molecule has 0 saturated heterocycles. The van der Waals surface area contributed by atoms with Crippen LogP contribution in [0.4, 0.5) is 0 Å². The predicted molar refractivity (Wildman–Crippen MR) is 65.0 cm³/mol. The normalized spacial score (nSPS) is 10.6. The standard InChI is InChI=1S/C12H12N4O/c1-10(17)15-13-9-11-3-5-12(6-4-11)16-8-2-7-14-16/h2-9H,1H3,(H,15,17). The second-order valence-electron chi connectivity index (χ2n) is 3.47. The number of benzene rings is 1. The first-order valence-electron chi connectivity index (χ1n) is 5.15. The van der Waals surface area contributed by atoms with Gasteiger partial charge in [0.1, 0.15) is 0 Å². The zero-order valence-corrected chi connectivity index (χ0v) is 9.37. The van der Waals surface area contributed by atoms with Crippen molar-refractivity contribution in [1.29, 1.82) is 0 Å². The van der Waals surface area contributed by atoms with Gasteiger partial charge in [-0.05, 0) is 23.8 Å². The van der Waals surface area contributed by atoms with Crippen molar-refractivity contribution in [3.05, 3.63) is 48.3 Å². The van der Waals surface area contributed by atoms with Crippen LogP contribution in [0.2, 0.25) is 0 Å². The van der Waals surface area contributed by atoms with Gasteiger partial charge in [-0.15, -0.1) is 0 Å². The predicted octanol–water partition coefficient (Wildman–Crippen LogP) is 1.34. The minimum Gasteiger partial charge on any atom is -0.274 e. The molecule has 0 spiro atoms. The van der Waals surface area contributed by atoms with E-state index in [4.69, 9.17) is 0 Å². The first-order valence-corrected chi connectivity index (χ1v) is 5.15. The highest BCUT2D eigenvalue weighted by Gasteiger charge is 1.95. The summed E-state index contributed by atoms with van der Waals surface area (Å²) in [6, 6.07) is 9.54. The van der Waals surface area contributed by atoms with Gasteiger partial charge in [0, 0.05) is 19.3 Å². The van der Waals surface area contributed by atoms with Gasteiger partial charge in [0.2, 0.25) is 5.91 Å². The second kappa shape index (κ2) is 5.07. The maximum absolute atomic E-state index is 10.6. The monoisotopic (exact) mass is 228 g/mol. The van der Waals surface area contributed by atoms with E-state index in [1.165, 1.54) is 6.92 Å². The number of amides is 1. The average Bonchev–Trinajstić information content (AvgIpc) is 2.83. The summed E-state index contributed by atoms with van der Waals surface area (Å²) < 4.78 is 1.77. The molecule has 0 unspecified atom stereocenters. The van der Waals surface area contributed by atoms with Gasteiger partial charge in [0.05, 0.1) is 11.9 Å². The van der Waals surface area contributed by atoms with Crippen LogP contribution in [0.1, 0.15) is 12.5 Å². The first kappa shape index (κ1) is 11.1. The fraction of sp³-hybridized carbons (Fsp3) is 0.0833. The lowest BCUT2D eigenvalue weighted by Crippen LogP contribution is -2.12. The maximum Gasteiger partial charge on any atom is 0.236 e. The average molecular weight is 228 g/mol. The third-order valence-corrected chi connectivity index (χ3v) is 2.10. The summed E-state index contributed by atoms with van der Waals surface area (Å²) in [6.45, 7) is 1.41. The summed E-state index contributed by atoms with van der Waals surface area (Å²) in [5, 5.41) is 7.91. The van der Waals surface area contributed by atoms with E-state index in [2.05, 4.69) is 15.6 Å². The van der Waals surface area contributed by atoms with E-state index in [9.17, 15) is 4.79 Å². The van der Waals surface area contributed by atoms with Crippen LogP contribution in [0.25, 0.3) is 5.69 Å². The summed E-state index contributed by atoms with van der Waals surface area (Å²) in [6.07, 6.45) is 5.20. The van der Waals surface area contributed by atoms with E-state index < -0.39 is 0 Å². The second-order valence-corrected chi connectivity index (χ2v) is 3.47. The Hall–Kier alpha value is -2.43. The van der Waals surface area contributed by atoms with E-state index in [1.54, 1.807) is 17.1 Å². The number of carbonyl (C=O) groups is 1. The molecule has 1 heterocycles. The molecular formula is C12H12N4O. The molecule has 0 fully saturated rings. The molecule has 1 N–H and O–H groups in total. The van der Waals surface area contributed by atoms with Crippen LogP contribution >= 0.6 is 0 Å². The minimum absolute atomic E-state index is 0.186. The van der Waals surface area contributed by atoms with E-state index >= 15 is 0 Å². The number of hydrogen-bond acceptors (Lipinski definition) is 3. The summed E-state index contributed by atoms with van der Waals surface area (Å²) in [5.74, 6) is -0.186. The summed E-state index contributed by atoms with van der Waals surface area (Å²) in [4.78, 5) is 10.6. The van der Waals surface area contributed by atoms with Crippen LogP contribution in [0.15, 0.2) is 47.8 Å². The van der Waals surface area contributed by atoms with Crippen molar-refractivity contribution >= 4 is 12.1 Å². The molecule has 0 aliphatic rings. The lowest BCUT2D eigenvalue weighted by molar-refractivity contribution is -0.118. The lowest BCUT2D eigenvalue weighted by atomic mass is 10.2. The van der Waals surface area contributed by atoms with Gasteiger partial charge < -0.3 is 0 Å². The van der Waals surface area contributed by atoms with E-state index in [0.717, 1.165) is 11.3 Å². The number of rotatable bonds is 3. The van der Waals surface area contributed by atoms with Crippen molar-refractivity contribution in [2.45, 2.75) is 6.92 Å². The van der Waals surface area contributed by atoms with E-state index in [-0.39, 0.29) is 5.91 Å². The van der Waals surface area contributed by atoms with Gasteiger partial charge in [0.25, 0.3) is 0 Å². The number of carbonyl (C=O) groups excluding carboxylic acids is 1. The van der Waals surface area contributed by atoms with Crippen molar-refractivity contribution in [3.8, 4) is 5.69 Å². The quantitative estimate of drug-likeness (QED) is 0.636. The fourth-order valence-corrected chi connectivity index (χ4v) is 1.33. The fourth-order valence-electron chi connectivity index (χ4n) is 1.33. The number of hydrogen-bond donors (Lipinski definition) is 1. The highest BCUT2D eigenvalue weighted by molar-refractivity contribution is 5.81. The van der Waals surface area contributed by atoms with E-state index in [0.29, 0.717) is 0 Å². The maximum atomic E-state index is 10.6. The molecule has 0 aliphatic heterocycles. The lowest BCUT2D eigenvalue weighted by Gasteiger charge is -2.00. The van der Waals surface area contributed by atoms with Crippen LogP contribution in [-0.2, 0) is 4.79 Å². The van der Waals surface area contributed by atoms with Gasteiger partial charge in [-0.1, -0.05) is 12.1 Å². The Morgan fingerprint density at radius 1 is 1.41 bits per heavy atom. The molecule has 1 aromatic heterocycles. The molecule has 2 rings (SSSR count). The molecule has 1 amide bonds. The molecule has 0 saturated carbocycles. The molecule has 0 atom stereocenters. The molecule has 0 radical (unpaired) electrons. The van der Waals surface area contributed by atoms with Gasteiger partial charge in [-0.2, -0.15) is 10.2 Å². The summed E-state index contributed by atoms with van der Waals surface area (Å²) in [5.41, 5.74) is 4.24. The zero-order chi connectivity index (χ0) is 12.1. The van der Waals surface area contributed by atoms with Crippen LogP contribution in [0.5, 0.6) is 0 Å². The zero-order valence-electron chi connectivity index (χ0n) is 9.37. The summed E-state index contributed by atoms with van der Waals surface area (Å²) in [7, 11) is 0. The molecule has 0 aliphatic carbocycles. The van der Waals surface area contributed by atoms with Crippen molar-refractivity contribution in [2.24, 2.45) is 5.10 Å². The number of nitrogens with one attached hydrogen (secondary N) is 1. The Labute approximate surface area is 98.8 Å². The van der Waals surface area contributed by atoms with Crippen molar-refractivity contribution in [1.82, 2.24) is 15.2 Å². The molecular weight excluding hydrogens is 216 g/mol. The van der Waals surface area contributed by atoms with Crippen molar-refractivity contribution in [2.75, 3.05) is 0 Å². The Morgan fingerprint density at radius 3 is 2.76 bits per heavy atom. The third-order valence-electron chi connectivity index (χ3n) is 2.10. The van der Waals surface area contributed by atoms with Gasteiger partial charge in [-0.25, -0.2) is 10.1 Å². The number of nitrogens with zero attached hydrogens (tertiary/aromatic N) is 3. The Kier molecular flexibility index (Phi) is 3.30. The van der Waals surface area contributed by atoms with Gasteiger partial charge in [-0.3, -0.25) is 4.79 Å². The molecule has 0 bridgehead atoms. The van der Waals surface area contributed by atoms with E-state index in [1.807, 2.05) is 36.5 Å². The topological polar surface area (TPSA) is 59.3 Å². The molecule has 17 heavy (non-hydrogen) atoms. The Bertz CT molecular complexity index is 514. The molecule has 5 heteroatoms. The summed E-state index contributed by atoms with van der Waals surface area (Å²) >= 11 is 0. The third kappa shape index (κ3) is 3.01. The molecule has 86 valence electrons. The van der Waals surface area contributed by atoms with Crippen LogP contribution in [-0.4, -0.2) is 21.9 Å². The van der Waals surface area contributed by atoms with Gasteiger partial charge >= 0.3 is 0 Å². The van der Waals surface area contributed by atoms with Crippen LogP contribution < -0.4 is 5.43 Å².